The summed E-state index contributed by atoms with van der Waals surface area (Å²) >= 11 is 0. The summed E-state index contributed by atoms with van der Waals surface area (Å²) in [6.45, 7) is 4.24. The van der Waals surface area contributed by atoms with Gasteiger partial charge in [-0.25, -0.2) is 0 Å². The molecule has 41 heavy (non-hydrogen) atoms. The topological polar surface area (TPSA) is 50.2 Å². The summed E-state index contributed by atoms with van der Waals surface area (Å²) in [5, 5.41) is 12.7. The number of pyridine rings is 1. The molecule has 3 aliphatic rings. The van der Waals surface area contributed by atoms with Gasteiger partial charge in [-0.1, -0.05) is 78.0 Å². The molecule has 0 unspecified atom stereocenters. The van der Waals surface area contributed by atoms with Crippen molar-refractivity contribution in [1.82, 2.24) is 4.98 Å². The predicted molar refractivity (Wildman–Crippen MR) is 168 cm³/mol. The number of aryl methyl sites for hydroxylation is 4. The maximum Gasteiger partial charge on any atom is 0.162 e. The first-order valence-electron chi connectivity index (χ1n) is 15.3. The van der Waals surface area contributed by atoms with Gasteiger partial charge in [-0.15, -0.1) is 34.9 Å². The summed E-state index contributed by atoms with van der Waals surface area (Å²) in [6, 6.07) is 14.5. The Hall–Kier alpha value is -2.29. The van der Waals surface area contributed by atoms with Gasteiger partial charge in [0, 0.05) is 44.2 Å². The first kappa shape index (κ1) is 33.2. The molecule has 0 bridgehead atoms. The molecule has 0 saturated heterocycles. The van der Waals surface area contributed by atoms with Crippen LogP contribution in [0.3, 0.4) is 0 Å². The third kappa shape index (κ3) is 8.39. The van der Waals surface area contributed by atoms with Gasteiger partial charge in [-0.2, -0.15) is 0 Å². The largest absolute Gasteiger partial charge is 0.512 e. The average molecular weight is 731 g/mol. The molecule has 1 heterocycles. The van der Waals surface area contributed by atoms with Crippen LogP contribution in [-0.4, -0.2) is 15.9 Å². The fourth-order valence-corrected chi connectivity index (χ4v) is 6.89. The summed E-state index contributed by atoms with van der Waals surface area (Å²) in [5.74, 6) is 0.985. The standard InChI is InChI=1S/C21H20N.C15H24O2.CH4.Ir/c1-14-10-15(2)12-18(11-14)21-19-9-5-8-16-6-3-4-7-17(13-22-21)20(16)19;16-14(12-7-3-1-4-8-12)11-15(17)13-9-5-2-6-10-13;;/h5,8-11,13H,3-4,6-7H2,1-2H3;11-13,16H,1-10H2;1H4;/q-1;;;. The molecular weight excluding hydrogens is 683 g/mol. The van der Waals surface area contributed by atoms with E-state index in [-0.39, 0.29) is 45.2 Å². The number of ketones is 1. The van der Waals surface area contributed by atoms with Crippen LogP contribution in [0.15, 0.2) is 48.4 Å². The summed E-state index contributed by atoms with van der Waals surface area (Å²) < 4.78 is 0. The van der Waals surface area contributed by atoms with Crippen LogP contribution in [-0.2, 0) is 37.7 Å². The molecule has 0 aliphatic heterocycles. The van der Waals surface area contributed by atoms with Crippen LogP contribution in [0.25, 0.3) is 22.0 Å². The zero-order chi connectivity index (χ0) is 27.2. The van der Waals surface area contributed by atoms with Crippen molar-refractivity contribution in [1.29, 1.82) is 0 Å². The van der Waals surface area contributed by atoms with E-state index in [1.165, 1.54) is 90.8 Å². The van der Waals surface area contributed by atoms with E-state index in [1.807, 2.05) is 0 Å². The number of aliphatic hydroxyl groups is 1. The SMILES string of the molecule is C.Cc1[c-]c(-c2ncc3c4c(cccc24)CCCC3)cc(C)c1.O=C(C=C(O)C1CCCCC1)C1CCCCC1.[Ir]. The Kier molecular flexibility index (Phi) is 12.8. The van der Waals surface area contributed by atoms with Gasteiger partial charge in [0.15, 0.2) is 5.78 Å². The number of hydrogen-bond donors (Lipinski definition) is 1. The molecule has 1 radical (unpaired) electrons. The minimum atomic E-state index is 0. The Balaban J connectivity index is 0.000000222. The van der Waals surface area contributed by atoms with Gasteiger partial charge in [0.1, 0.15) is 0 Å². The number of aromatic nitrogens is 1. The molecule has 0 atom stereocenters. The zero-order valence-electron chi connectivity index (χ0n) is 24.2. The maximum atomic E-state index is 12.0. The molecule has 0 amide bonds. The van der Waals surface area contributed by atoms with Crippen LogP contribution in [0.5, 0.6) is 0 Å². The monoisotopic (exact) mass is 731 g/mol. The van der Waals surface area contributed by atoms with E-state index in [0.29, 0.717) is 5.76 Å². The third-order valence-corrected chi connectivity index (χ3v) is 8.94. The molecule has 0 spiro atoms. The van der Waals surface area contributed by atoms with Crippen molar-refractivity contribution in [3.8, 4) is 11.3 Å². The normalized spacial score (nSPS) is 17.9. The van der Waals surface area contributed by atoms with E-state index in [0.717, 1.165) is 43.4 Å². The van der Waals surface area contributed by atoms with Crippen molar-refractivity contribution in [2.45, 2.75) is 111 Å². The molecule has 3 aliphatic carbocycles. The Morgan fingerprint density at radius 2 is 1.51 bits per heavy atom. The first-order chi connectivity index (χ1) is 19.0. The van der Waals surface area contributed by atoms with Gasteiger partial charge in [-0.3, -0.25) is 4.79 Å². The summed E-state index contributed by atoms with van der Waals surface area (Å²) in [7, 11) is 0. The smallest absolute Gasteiger partial charge is 0.162 e. The molecule has 1 N–H and O–H groups in total. The molecule has 6 rings (SSSR count). The van der Waals surface area contributed by atoms with Crippen LogP contribution in [0.1, 0.15) is 107 Å². The van der Waals surface area contributed by atoms with Crippen molar-refractivity contribution in [3.63, 3.8) is 0 Å². The number of aliphatic hydroxyl groups excluding tert-OH is 1. The van der Waals surface area contributed by atoms with Crippen LogP contribution in [0, 0.1) is 31.7 Å². The minimum absolute atomic E-state index is 0. The second-order valence-electron chi connectivity index (χ2n) is 12.1. The van der Waals surface area contributed by atoms with E-state index >= 15 is 0 Å². The average Bonchev–Trinajstić information content (AvgIpc) is 3.17. The molecule has 3 aromatic rings. The van der Waals surface area contributed by atoms with E-state index in [1.54, 1.807) is 6.08 Å². The van der Waals surface area contributed by atoms with Gasteiger partial charge in [0.2, 0.25) is 0 Å². The van der Waals surface area contributed by atoms with E-state index < -0.39 is 0 Å². The number of hydrogen-bond acceptors (Lipinski definition) is 3. The number of allylic oxidation sites excluding steroid dienone is 2. The Morgan fingerprint density at radius 3 is 2.17 bits per heavy atom. The number of carbonyl (C=O) groups is 1. The second kappa shape index (κ2) is 15.8. The van der Waals surface area contributed by atoms with Crippen LogP contribution < -0.4 is 0 Å². The van der Waals surface area contributed by atoms with Gasteiger partial charge in [0.25, 0.3) is 0 Å². The molecular formula is C37H48IrNO2-. The number of rotatable bonds is 4. The predicted octanol–water partition coefficient (Wildman–Crippen LogP) is 9.99. The zero-order valence-corrected chi connectivity index (χ0v) is 26.6. The summed E-state index contributed by atoms with van der Waals surface area (Å²) in [4.78, 5) is 16.8. The Bertz CT molecular complexity index is 1300. The molecule has 4 heteroatoms. The summed E-state index contributed by atoms with van der Waals surface area (Å²) in [6.07, 6.45) is 20.0. The van der Waals surface area contributed by atoms with Crippen molar-refractivity contribution >= 4 is 16.6 Å². The van der Waals surface area contributed by atoms with Crippen molar-refractivity contribution in [3.05, 3.63) is 76.7 Å². The van der Waals surface area contributed by atoms with Crippen molar-refractivity contribution in [2.75, 3.05) is 0 Å². The van der Waals surface area contributed by atoms with Gasteiger partial charge < -0.3 is 10.1 Å². The molecule has 2 saturated carbocycles. The summed E-state index contributed by atoms with van der Waals surface area (Å²) in [5.41, 5.74) is 7.54. The molecule has 1 aromatic heterocycles. The fourth-order valence-electron chi connectivity index (χ4n) is 6.89. The minimum Gasteiger partial charge on any atom is -0.512 e. The van der Waals surface area contributed by atoms with E-state index in [9.17, 15) is 9.90 Å². The molecule has 223 valence electrons. The van der Waals surface area contributed by atoms with Gasteiger partial charge in [-0.05, 0) is 79.0 Å². The number of benzene rings is 2. The molecule has 2 fully saturated rings. The van der Waals surface area contributed by atoms with E-state index in [2.05, 4.69) is 56.4 Å². The Labute approximate surface area is 261 Å². The van der Waals surface area contributed by atoms with Crippen LogP contribution in [0.4, 0.5) is 0 Å². The first-order valence-corrected chi connectivity index (χ1v) is 15.3. The van der Waals surface area contributed by atoms with Crippen molar-refractivity contribution in [2.24, 2.45) is 11.8 Å². The van der Waals surface area contributed by atoms with Crippen LogP contribution >= 0.6 is 0 Å². The van der Waals surface area contributed by atoms with Crippen LogP contribution in [0.2, 0.25) is 0 Å². The third-order valence-electron chi connectivity index (χ3n) is 8.94. The molecule has 2 aromatic carbocycles. The second-order valence-corrected chi connectivity index (χ2v) is 12.1. The van der Waals surface area contributed by atoms with Gasteiger partial charge >= 0.3 is 0 Å². The Morgan fingerprint density at radius 1 is 0.878 bits per heavy atom. The fraction of sp³-hybridized carbons (Fsp3) is 0.514. The molecule has 3 nitrogen and oxygen atoms in total. The maximum absolute atomic E-state index is 12.0. The number of nitrogens with zero attached hydrogens (tertiary/aromatic N) is 1. The number of carbonyl (C=O) groups excluding carboxylic acids is 1. The van der Waals surface area contributed by atoms with Gasteiger partial charge in [0.05, 0.1) is 5.76 Å². The van der Waals surface area contributed by atoms with Crippen molar-refractivity contribution < 1.29 is 30.0 Å². The quantitative estimate of drug-likeness (QED) is 0.165. The van der Waals surface area contributed by atoms with E-state index in [4.69, 9.17) is 4.98 Å².